The molecule has 0 saturated heterocycles. The second-order valence-corrected chi connectivity index (χ2v) is 5.67. The van der Waals surface area contributed by atoms with Crippen molar-refractivity contribution in [2.45, 2.75) is 6.54 Å². The van der Waals surface area contributed by atoms with Crippen LogP contribution in [-0.2, 0) is 16.6 Å². The van der Waals surface area contributed by atoms with E-state index < -0.39 is 16.6 Å². The van der Waals surface area contributed by atoms with E-state index in [0.717, 1.165) is 5.56 Å². The van der Waals surface area contributed by atoms with Crippen molar-refractivity contribution in [2.24, 2.45) is 0 Å². The number of aliphatic hydroxyl groups excluding tert-OH is 2. The lowest BCUT2D eigenvalue weighted by Gasteiger charge is -2.20. The second-order valence-electron chi connectivity index (χ2n) is 3.58. The smallest absolute Gasteiger partial charge is 0.216 e. The van der Waals surface area contributed by atoms with Crippen molar-refractivity contribution in [1.29, 1.82) is 0 Å². The minimum atomic E-state index is -3.51. The van der Waals surface area contributed by atoms with Crippen LogP contribution in [0.25, 0.3) is 0 Å². The van der Waals surface area contributed by atoms with Gasteiger partial charge in [-0.25, -0.2) is 8.42 Å². The lowest BCUT2D eigenvalue weighted by molar-refractivity contribution is 0.249. The molecule has 0 fully saturated rings. The van der Waals surface area contributed by atoms with Crippen molar-refractivity contribution in [3.63, 3.8) is 0 Å². The molecule has 5 nitrogen and oxygen atoms in total. The standard InChI is InChI=1S/C11H17NO4S/c13-7-6-12(17(15,16)9-8-14)10-11-4-2-1-3-5-11/h1-5,13-14H,6-10H2. The minimum Gasteiger partial charge on any atom is -0.395 e. The van der Waals surface area contributed by atoms with Crippen LogP contribution in [0.1, 0.15) is 5.56 Å². The highest BCUT2D eigenvalue weighted by molar-refractivity contribution is 7.89. The molecule has 0 radical (unpaired) electrons. The van der Waals surface area contributed by atoms with Crippen LogP contribution in [0.2, 0.25) is 0 Å². The van der Waals surface area contributed by atoms with Crippen LogP contribution in [-0.4, -0.2) is 48.4 Å². The second kappa shape index (κ2) is 6.70. The van der Waals surface area contributed by atoms with Crippen LogP contribution in [0.15, 0.2) is 30.3 Å². The van der Waals surface area contributed by atoms with Gasteiger partial charge in [0, 0.05) is 13.1 Å². The molecule has 0 aliphatic rings. The molecule has 2 N–H and O–H groups in total. The van der Waals surface area contributed by atoms with E-state index in [1.54, 1.807) is 0 Å². The Balaban J connectivity index is 2.80. The zero-order valence-electron chi connectivity index (χ0n) is 9.49. The van der Waals surface area contributed by atoms with Gasteiger partial charge in [0.1, 0.15) is 0 Å². The SMILES string of the molecule is O=S(=O)(CCO)N(CCO)Cc1ccccc1. The Morgan fingerprint density at radius 1 is 1.06 bits per heavy atom. The zero-order chi connectivity index (χ0) is 12.7. The number of benzene rings is 1. The summed E-state index contributed by atoms with van der Waals surface area (Å²) in [6, 6.07) is 9.13. The number of hydrogen-bond acceptors (Lipinski definition) is 4. The summed E-state index contributed by atoms with van der Waals surface area (Å²) in [6.45, 7) is -0.405. The average molecular weight is 259 g/mol. The predicted octanol–water partition coefficient (Wildman–Crippen LogP) is -0.197. The van der Waals surface area contributed by atoms with Crippen LogP contribution in [0, 0.1) is 0 Å². The van der Waals surface area contributed by atoms with Gasteiger partial charge in [0.15, 0.2) is 0 Å². The molecule has 0 aromatic heterocycles. The highest BCUT2D eigenvalue weighted by Crippen LogP contribution is 2.09. The molecule has 1 aromatic rings. The van der Waals surface area contributed by atoms with Crippen LogP contribution in [0.4, 0.5) is 0 Å². The molecule has 0 saturated carbocycles. The molecular weight excluding hydrogens is 242 g/mol. The van der Waals surface area contributed by atoms with Crippen molar-refractivity contribution in [3.8, 4) is 0 Å². The summed E-state index contributed by atoms with van der Waals surface area (Å²) in [5.41, 5.74) is 0.850. The molecule has 1 rings (SSSR count). The highest BCUT2D eigenvalue weighted by Gasteiger charge is 2.20. The third-order valence-electron chi connectivity index (χ3n) is 2.29. The molecule has 0 unspecified atom stereocenters. The predicted molar refractivity (Wildman–Crippen MR) is 64.8 cm³/mol. The van der Waals surface area contributed by atoms with Crippen LogP contribution >= 0.6 is 0 Å². The summed E-state index contributed by atoms with van der Waals surface area (Å²) >= 11 is 0. The molecule has 0 aliphatic carbocycles. The molecule has 6 heteroatoms. The van der Waals surface area contributed by atoms with E-state index in [1.807, 2.05) is 30.3 Å². The van der Waals surface area contributed by atoms with E-state index in [1.165, 1.54) is 4.31 Å². The number of nitrogens with zero attached hydrogens (tertiary/aromatic N) is 1. The average Bonchev–Trinajstić information content (AvgIpc) is 2.30. The fourth-order valence-corrected chi connectivity index (χ4v) is 2.65. The van der Waals surface area contributed by atoms with Crippen LogP contribution in [0.3, 0.4) is 0 Å². The van der Waals surface area contributed by atoms with Gasteiger partial charge in [-0.2, -0.15) is 4.31 Å². The molecule has 0 bridgehead atoms. The van der Waals surface area contributed by atoms with Crippen molar-refractivity contribution in [1.82, 2.24) is 4.31 Å². The Labute approximate surface area is 101 Å². The quantitative estimate of drug-likeness (QED) is 0.711. The van der Waals surface area contributed by atoms with Gasteiger partial charge in [-0.1, -0.05) is 30.3 Å². The van der Waals surface area contributed by atoms with Crippen LogP contribution in [0.5, 0.6) is 0 Å². The van der Waals surface area contributed by atoms with Crippen molar-refractivity contribution in [3.05, 3.63) is 35.9 Å². The zero-order valence-corrected chi connectivity index (χ0v) is 10.3. The lowest BCUT2D eigenvalue weighted by atomic mass is 10.2. The topological polar surface area (TPSA) is 77.8 Å². The maximum Gasteiger partial charge on any atom is 0.216 e. The first-order valence-electron chi connectivity index (χ1n) is 5.33. The maximum absolute atomic E-state index is 11.8. The first-order valence-corrected chi connectivity index (χ1v) is 6.94. The number of aliphatic hydroxyl groups is 2. The number of sulfonamides is 1. The van der Waals surface area contributed by atoms with Gasteiger partial charge < -0.3 is 10.2 Å². The molecule has 0 aliphatic heterocycles. The Bertz CT molecular complexity index is 418. The van der Waals surface area contributed by atoms with Crippen molar-refractivity contribution in [2.75, 3.05) is 25.5 Å². The molecule has 0 atom stereocenters. The summed E-state index contributed by atoms with van der Waals surface area (Å²) in [5, 5.41) is 17.6. The van der Waals surface area contributed by atoms with E-state index in [0.29, 0.717) is 0 Å². The van der Waals surface area contributed by atoms with E-state index in [9.17, 15) is 8.42 Å². The molecule has 0 spiro atoms. The first kappa shape index (κ1) is 14.1. The number of hydrogen-bond donors (Lipinski definition) is 2. The Hall–Kier alpha value is -0.950. The number of rotatable bonds is 7. The molecule has 1 aromatic carbocycles. The normalized spacial score (nSPS) is 11.9. The van der Waals surface area contributed by atoms with E-state index in [2.05, 4.69) is 0 Å². The first-order chi connectivity index (χ1) is 8.10. The summed E-state index contributed by atoms with van der Waals surface area (Å²) in [6.07, 6.45) is 0. The summed E-state index contributed by atoms with van der Waals surface area (Å²) in [7, 11) is -3.51. The third kappa shape index (κ3) is 4.43. The fourth-order valence-electron chi connectivity index (χ4n) is 1.46. The van der Waals surface area contributed by atoms with Crippen molar-refractivity contribution >= 4 is 10.0 Å². The monoisotopic (exact) mass is 259 g/mol. The molecule has 17 heavy (non-hydrogen) atoms. The van der Waals surface area contributed by atoms with Gasteiger partial charge in [-0.05, 0) is 5.56 Å². The highest BCUT2D eigenvalue weighted by atomic mass is 32.2. The third-order valence-corrected chi connectivity index (χ3v) is 4.09. The van der Waals surface area contributed by atoms with Gasteiger partial charge in [0.05, 0.1) is 19.0 Å². The van der Waals surface area contributed by atoms with Gasteiger partial charge >= 0.3 is 0 Å². The van der Waals surface area contributed by atoms with Gasteiger partial charge in [0.25, 0.3) is 0 Å². The molecule has 0 heterocycles. The molecular formula is C11H17NO4S. The maximum atomic E-state index is 11.8. The minimum absolute atomic E-state index is 0.0389. The molecule has 0 amide bonds. The fraction of sp³-hybridized carbons (Fsp3) is 0.455. The van der Waals surface area contributed by atoms with Gasteiger partial charge in [-0.15, -0.1) is 0 Å². The Morgan fingerprint density at radius 2 is 1.71 bits per heavy atom. The van der Waals surface area contributed by atoms with Gasteiger partial charge in [-0.3, -0.25) is 0 Å². The summed E-state index contributed by atoms with van der Waals surface area (Å²) in [5.74, 6) is -0.320. The van der Waals surface area contributed by atoms with Gasteiger partial charge in [0.2, 0.25) is 10.0 Å². The lowest BCUT2D eigenvalue weighted by Crippen LogP contribution is -2.35. The Morgan fingerprint density at radius 3 is 2.24 bits per heavy atom. The van der Waals surface area contributed by atoms with Crippen molar-refractivity contribution < 1.29 is 18.6 Å². The largest absolute Gasteiger partial charge is 0.395 e. The summed E-state index contributed by atoms with van der Waals surface area (Å²) < 4.78 is 24.7. The van der Waals surface area contributed by atoms with E-state index in [4.69, 9.17) is 10.2 Å². The molecule has 96 valence electrons. The summed E-state index contributed by atoms with van der Waals surface area (Å²) in [4.78, 5) is 0. The van der Waals surface area contributed by atoms with E-state index >= 15 is 0 Å². The van der Waals surface area contributed by atoms with Crippen LogP contribution < -0.4 is 0 Å². The Kier molecular flexibility index (Phi) is 5.57. The van der Waals surface area contributed by atoms with E-state index in [-0.39, 0.29) is 25.4 Å².